The summed E-state index contributed by atoms with van der Waals surface area (Å²) in [5, 5.41) is 13.0. The minimum absolute atomic E-state index is 0.352. The Labute approximate surface area is 114 Å². The Kier molecular flexibility index (Phi) is 5.39. The number of phenolic OH excluding ortho intramolecular Hbond substituents is 1. The summed E-state index contributed by atoms with van der Waals surface area (Å²) in [5.74, 6) is 2.97. The molecule has 1 aliphatic rings. The van der Waals surface area contributed by atoms with Gasteiger partial charge in [0.2, 0.25) is 0 Å². The fraction of sp³-hybridized carbons (Fsp3) is 0.600. The fourth-order valence-corrected chi connectivity index (χ4v) is 3.50. The van der Waals surface area contributed by atoms with E-state index in [1.807, 2.05) is 12.1 Å². The highest BCUT2D eigenvalue weighted by Crippen LogP contribution is 2.18. The number of benzene rings is 1. The van der Waals surface area contributed by atoms with E-state index in [9.17, 15) is 5.11 Å². The van der Waals surface area contributed by atoms with Crippen LogP contribution in [0.3, 0.4) is 0 Å². The molecule has 1 heterocycles. The van der Waals surface area contributed by atoms with Gasteiger partial charge in [-0.25, -0.2) is 0 Å². The van der Waals surface area contributed by atoms with E-state index in [0.29, 0.717) is 11.8 Å². The molecule has 18 heavy (non-hydrogen) atoms. The van der Waals surface area contributed by atoms with E-state index in [4.69, 9.17) is 0 Å². The van der Waals surface area contributed by atoms with E-state index in [1.165, 1.54) is 29.9 Å². The van der Waals surface area contributed by atoms with Crippen LogP contribution in [0.25, 0.3) is 0 Å². The Balaban J connectivity index is 1.70. The third kappa shape index (κ3) is 4.54. The van der Waals surface area contributed by atoms with E-state index in [2.05, 4.69) is 24.0 Å². The molecule has 1 atom stereocenters. The van der Waals surface area contributed by atoms with E-state index in [0.717, 1.165) is 18.9 Å². The Morgan fingerprint density at radius 1 is 1.28 bits per heavy atom. The van der Waals surface area contributed by atoms with Crippen molar-refractivity contribution in [3.63, 3.8) is 0 Å². The lowest BCUT2D eigenvalue weighted by molar-refractivity contribution is 0.408. The first-order valence-corrected chi connectivity index (χ1v) is 8.01. The molecular weight excluding hydrogens is 242 g/mol. The molecule has 1 fully saturated rings. The summed E-state index contributed by atoms with van der Waals surface area (Å²) in [7, 11) is 0. The highest BCUT2D eigenvalue weighted by Gasteiger charge is 2.15. The zero-order valence-electron chi connectivity index (χ0n) is 11.1. The number of rotatable bonds is 5. The molecule has 0 saturated carbocycles. The molecule has 1 aliphatic heterocycles. The minimum atomic E-state index is 0.352. The van der Waals surface area contributed by atoms with Gasteiger partial charge in [-0.05, 0) is 61.8 Å². The van der Waals surface area contributed by atoms with Crippen molar-refractivity contribution >= 4 is 11.8 Å². The van der Waals surface area contributed by atoms with Crippen molar-refractivity contribution in [2.75, 3.05) is 11.5 Å². The van der Waals surface area contributed by atoms with Crippen LogP contribution < -0.4 is 5.32 Å². The van der Waals surface area contributed by atoms with Gasteiger partial charge in [-0.1, -0.05) is 12.1 Å². The van der Waals surface area contributed by atoms with E-state index in [1.54, 1.807) is 12.1 Å². The molecule has 1 saturated heterocycles. The fourth-order valence-electron chi connectivity index (χ4n) is 2.40. The normalized spacial score (nSPS) is 18.7. The molecule has 100 valence electrons. The standard InChI is InChI=1S/C15H23NOS/c1-12(16-14-8-10-18-11-9-14)2-3-13-4-6-15(17)7-5-13/h4-7,12,14,16-17H,2-3,8-11H2,1H3. The van der Waals surface area contributed by atoms with Gasteiger partial charge >= 0.3 is 0 Å². The van der Waals surface area contributed by atoms with E-state index >= 15 is 0 Å². The molecule has 1 aromatic carbocycles. The maximum absolute atomic E-state index is 9.24. The number of hydrogen-bond acceptors (Lipinski definition) is 3. The first-order valence-electron chi connectivity index (χ1n) is 6.86. The van der Waals surface area contributed by atoms with Crippen molar-refractivity contribution in [3.05, 3.63) is 29.8 Å². The van der Waals surface area contributed by atoms with Gasteiger partial charge in [-0.3, -0.25) is 0 Å². The van der Waals surface area contributed by atoms with E-state index in [-0.39, 0.29) is 0 Å². The summed E-state index contributed by atoms with van der Waals surface area (Å²) in [6.45, 7) is 2.28. The van der Waals surface area contributed by atoms with Crippen LogP contribution in [-0.4, -0.2) is 28.7 Å². The molecular formula is C15H23NOS. The smallest absolute Gasteiger partial charge is 0.115 e. The van der Waals surface area contributed by atoms with Gasteiger partial charge in [0.15, 0.2) is 0 Å². The first-order chi connectivity index (χ1) is 8.74. The van der Waals surface area contributed by atoms with Crippen molar-refractivity contribution < 1.29 is 5.11 Å². The maximum Gasteiger partial charge on any atom is 0.115 e. The third-order valence-corrected chi connectivity index (χ3v) is 4.59. The van der Waals surface area contributed by atoms with Crippen LogP contribution in [0.2, 0.25) is 0 Å². The summed E-state index contributed by atoms with van der Waals surface area (Å²) in [6, 6.07) is 8.86. The molecule has 0 amide bonds. The lowest BCUT2D eigenvalue weighted by Crippen LogP contribution is -2.39. The van der Waals surface area contributed by atoms with Crippen LogP contribution in [-0.2, 0) is 6.42 Å². The Bertz CT molecular complexity index is 346. The molecule has 0 bridgehead atoms. The SMILES string of the molecule is CC(CCc1ccc(O)cc1)NC1CCSCC1. The average molecular weight is 265 g/mol. The van der Waals surface area contributed by atoms with Crippen LogP contribution in [0.15, 0.2) is 24.3 Å². The predicted octanol–water partition coefficient (Wildman–Crippen LogP) is 3.20. The molecule has 3 heteroatoms. The number of thioether (sulfide) groups is 1. The topological polar surface area (TPSA) is 32.3 Å². The number of aromatic hydroxyl groups is 1. The molecule has 2 nitrogen and oxygen atoms in total. The Hall–Kier alpha value is -0.670. The zero-order chi connectivity index (χ0) is 12.8. The first kappa shape index (κ1) is 13.8. The summed E-state index contributed by atoms with van der Waals surface area (Å²) in [5.41, 5.74) is 1.31. The van der Waals surface area contributed by atoms with Gasteiger partial charge in [0.1, 0.15) is 5.75 Å². The van der Waals surface area contributed by atoms with Crippen LogP contribution in [0.4, 0.5) is 0 Å². The Morgan fingerprint density at radius 3 is 2.61 bits per heavy atom. The molecule has 2 N–H and O–H groups in total. The van der Waals surface area contributed by atoms with Gasteiger partial charge in [-0.15, -0.1) is 0 Å². The van der Waals surface area contributed by atoms with Crippen molar-refractivity contribution in [2.24, 2.45) is 0 Å². The summed E-state index contributed by atoms with van der Waals surface area (Å²) < 4.78 is 0. The second-order valence-corrected chi connectivity index (χ2v) is 6.38. The van der Waals surface area contributed by atoms with Crippen molar-refractivity contribution in [3.8, 4) is 5.75 Å². The summed E-state index contributed by atoms with van der Waals surface area (Å²) >= 11 is 2.07. The predicted molar refractivity (Wildman–Crippen MR) is 79.4 cm³/mol. The van der Waals surface area contributed by atoms with Crippen molar-refractivity contribution in [1.29, 1.82) is 0 Å². The van der Waals surface area contributed by atoms with Crippen LogP contribution in [0.5, 0.6) is 5.75 Å². The van der Waals surface area contributed by atoms with Gasteiger partial charge in [-0.2, -0.15) is 11.8 Å². The lowest BCUT2D eigenvalue weighted by atomic mass is 10.0. The number of aryl methyl sites for hydroxylation is 1. The van der Waals surface area contributed by atoms with E-state index < -0.39 is 0 Å². The average Bonchev–Trinajstić information content (AvgIpc) is 2.39. The monoisotopic (exact) mass is 265 g/mol. The molecule has 0 aromatic heterocycles. The molecule has 1 aromatic rings. The minimum Gasteiger partial charge on any atom is -0.508 e. The molecule has 0 aliphatic carbocycles. The zero-order valence-corrected chi connectivity index (χ0v) is 11.9. The maximum atomic E-state index is 9.24. The third-order valence-electron chi connectivity index (χ3n) is 3.54. The summed E-state index contributed by atoms with van der Waals surface area (Å²) in [4.78, 5) is 0. The summed E-state index contributed by atoms with van der Waals surface area (Å²) in [6.07, 6.45) is 4.87. The quantitative estimate of drug-likeness (QED) is 0.857. The van der Waals surface area contributed by atoms with Gasteiger partial charge in [0, 0.05) is 12.1 Å². The number of hydrogen-bond donors (Lipinski definition) is 2. The van der Waals surface area contributed by atoms with Crippen LogP contribution in [0.1, 0.15) is 31.7 Å². The molecule has 2 rings (SSSR count). The molecule has 1 unspecified atom stereocenters. The molecule has 0 radical (unpaired) electrons. The highest BCUT2D eigenvalue weighted by atomic mass is 32.2. The highest BCUT2D eigenvalue weighted by molar-refractivity contribution is 7.99. The number of phenols is 1. The Morgan fingerprint density at radius 2 is 1.94 bits per heavy atom. The van der Waals surface area contributed by atoms with Gasteiger partial charge in [0.25, 0.3) is 0 Å². The van der Waals surface area contributed by atoms with Gasteiger partial charge in [0.05, 0.1) is 0 Å². The number of nitrogens with one attached hydrogen (secondary N) is 1. The van der Waals surface area contributed by atoms with Crippen LogP contribution in [0, 0.1) is 0 Å². The van der Waals surface area contributed by atoms with Crippen LogP contribution >= 0.6 is 11.8 Å². The lowest BCUT2D eigenvalue weighted by Gasteiger charge is -2.26. The van der Waals surface area contributed by atoms with Crippen molar-refractivity contribution in [1.82, 2.24) is 5.32 Å². The van der Waals surface area contributed by atoms with Crippen molar-refractivity contribution in [2.45, 2.75) is 44.7 Å². The largest absolute Gasteiger partial charge is 0.508 e. The second kappa shape index (κ2) is 7.05. The second-order valence-electron chi connectivity index (χ2n) is 5.16. The van der Waals surface area contributed by atoms with Gasteiger partial charge < -0.3 is 10.4 Å². The molecule has 0 spiro atoms.